The van der Waals surface area contributed by atoms with Crippen molar-refractivity contribution in [1.82, 2.24) is 10.3 Å². The molecule has 0 spiro atoms. The molecule has 0 fully saturated rings. The summed E-state index contributed by atoms with van der Waals surface area (Å²) in [4.78, 5) is 5.85. The number of nitrogens with zero attached hydrogens (tertiary/aromatic N) is 1. The monoisotopic (exact) mass is 172 g/mol. The van der Waals surface area contributed by atoms with E-state index in [0.717, 1.165) is 13.1 Å². The van der Waals surface area contributed by atoms with Gasteiger partial charge in [0.25, 0.3) is 0 Å². The van der Waals surface area contributed by atoms with Crippen molar-refractivity contribution < 1.29 is 0 Å². The molecular weight excluding hydrogens is 164 g/mol. The molecule has 1 aromatic rings. The highest BCUT2D eigenvalue weighted by Crippen LogP contribution is 2.27. The number of fused-ring (bicyclic) bond motifs is 1. The minimum absolute atomic E-state index is 0.965. The number of aromatic nitrogens is 1. The van der Waals surface area contributed by atoms with E-state index in [2.05, 4.69) is 16.6 Å². The van der Waals surface area contributed by atoms with Crippen LogP contribution >= 0.6 is 23.1 Å². The minimum atomic E-state index is 0.965. The standard InChI is InChI=1S/C6H8N2S2/c1-9-6-8-4-2-7-3-5(4)10-6/h7H,2-3H2,1H3. The number of nitrogens with one attached hydrogen (secondary N) is 1. The van der Waals surface area contributed by atoms with Gasteiger partial charge in [-0.1, -0.05) is 11.8 Å². The highest BCUT2D eigenvalue weighted by atomic mass is 32.2. The smallest absolute Gasteiger partial charge is 0.150 e. The van der Waals surface area contributed by atoms with Crippen LogP contribution in [0.4, 0.5) is 0 Å². The summed E-state index contributed by atoms with van der Waals surface area (Å²) in [6.45, 7) is 1.99. The topological polar surface area (TPSA) is 24.9 Å². The van der Waals surface area contributed by atoms with E-state index in [1.165, 1.54) is 14.9 Å². The normalized spacial score (nSPS) is 15.7. The maximum Gasteiger partial charge on any atom is 0.150 e. The zero-order valence-electron chi connectivity index (χ0n) is 5.68. The third kappa shape index (κ3) is 0.962. The highest BCUT2D eigenvalue weighted by molar-refractivity contribution is 8.00. The molecule has 1 N–H and O–H groups in total. The number of hydrogen-bond donors (Lipinski definition) is 1. The average molecular weight is 172 g/mol. The number of rotatable bonds is 1. The van der Waals surface area contributed by atoms with Gasteiger partial charge in [-0.3, -0.25) is 0 Å². The molecule has 0 radical (unpaired) electrons. The Morgan fingerprint density at radius 3 is 3.20 bits per heavy atom. The molecule has 2 heterocycles. The fourth-order valence-corrected chi connectivity index (χ4v) is 2.63. The van der Waals surface area contributed by atoms with Gasteiger partial charge in [-0.25, -0.2) is 4.98 Å². The molecule has 1 aromatic heterocycles. The van der Waals surface area contributed by atoms with E-state index in [9.17, 15) is 0 Å². The van der Waals surface area contributed by atoms with E-state index in [0.29, 0.717) is 0 Å². The Morgan fingerprint density at radius 2 is 2.50 bits per heavy atom. The van der Waals surface area contributed by atoms with Gasteiger partial charge in [-0.2, -0.15) is 0 Å². The second kappa shape index (κ2) is 2.53. The summed E-state index contributed by atoms with van der Waals surface area (Å²) < 4.78 is 1.20. The van der Waals surface area contributed by atoms with Gasteiger partial charge in [0.15, 0.2) is 0 Å². The van der Waals surface area contributed by atoms with Crippen molar-refractivity contribution in [3.63, 3.8) is 0 Å². The van der Waals surface area contributed by atoms with Crippen molar-refractivity contribution in [3.05, 3.63) is 10.6 Å². The first-order valence-electron chi connectivity index (χ1n) is 3.13. The van der Waals surface area contributed by atoms with E-state index in [1.807, 2.05) is 11.3 Å². The van der Waals surface area contributed by atoms with Crippen molar-refractivity contribution in [2.75, 3.05) is 6.26 Å². The minimum Gasteiger partial charge on any atom is -0.306 e. The summed E-state index contributed by atoms with van der Waals surface area (Å²) in [7, 11) is 0. The zero-order chi connectivity index (χ0) is 6.97. The predicted octanol–water partition coefficient (Wildman–Crippen LogP) is 1.47. The molecule has 1 aliphatic heterocycles. The van der Waals surface area contributed by atoms with Crippen LogP contribution in [0.5, 0.6) is 0 Å². The Morgan fingerprint density at radius 1 is 1.60 bits per heavy atom. The van der Waals surface area contributed by atoms with E-state index < -0.39 is 0 Å². The number of thiazole rings is 1. The Kier molecular flexibility index (Phi) is 1.68. The molecule has 0 aromatic carbocycles. The van der Waals surface area contributed by atoms with Crippen LogP contribution in [0.25, 0.3) is 0 Å². The lowest BCUT2D eigenvalue weighted by molar-refractivity contribution is 0.755. The van der Waals surface area contributed by atoms with E-state index in [1.54, 1.807) is 11.8 Å². The average Bonchev–Trinajstić information content (AvgIpc) is 2.42. The first-order chi connectivity index (χ1) is 4.90. The summed E-state index contributed by atoms with van der Waals surface area (Å²) in [5.74, 6) is 0. The van der Waals surface area contributed by atoms with Gasteiger partial charge in [0, 0.05) is 18.0 Å². The fraction of sp³-hybridized carbons (Fsp3) is 0.500. The SMILES string of the molecule is CSc1nc2c(s1)CNC2. The molecule has 0 bridgehead atoms. The molecule has 1 aliphatic rings. The molecule has 54 valence electrons. The van der Waals surface area contributed by atoms with E-state index in [-0.39, 0.29) is 0 Å². The number of thioether (sulfide) groups is 1. The van der Waals surface area contributed by atoms with Crippen LogP contribution in [0.2, 0.25) is 0 Å². The molecule has 0 atom stereocenters. The summed E-state index contributed by atoms with van der Waals surface area (Å²) in [6, 6.07) is 0. The van der Waals surface area contributed by atoms with Crippen LogP contribution in [0.1, 0.15) is 10.6 Å². The van der Waals surface area contributed by atoms with Gasteiger partial charge in [0.05, 0.1) is 5.69 Å². The zero-order valence-corrected chi connectivity index (χ0v) is 7.31. The van der Waals surface area contributed by atoms with Crippen molar-refractivity contribution in [1.29, 1.82) is 0 Å². The Balaban J connectivity index is 2.37. The summed E-state index contributed by atoms with van der Waals surface area (Å²) in [6.07, 6.45) is 2.07. The first kappa shape index (κ1) is 6.64. The van der Waals surface area contributed by atoms with Gasteiger partial charge < -0.3 is 5.32 Å². The highest BCUT2D eigenvalue weighted by Gasteiger charge is 2.14. The lowest BCUT2D eigenvalue weighted by atomic mass is 10.4. The Bertz CT molecular complexity index is 222. The lowest BCUT2D eigenvalue weighted by Crippen LogP contribution is -2.01. The third-order valence-corrected chi connectivity index (χ3v) is 3.59. The fourth-order valence-electron chi connectivity index (χ4n) is 1.02. The van der Waals surface area contributed by atoms with Crippen molar-refractivity contribution in [2.24, 2.45) is 0 Å². The Hall–Kier alpha value is -0.0600. The molecule has 0 aliphatic carbocycles. The number of hydrogen-bond acceptors (Lipinski definition) is 4. The molecule has 0 amide bonds. The largest absolute Gasteiger partial charge is 0.306 e. The van der Waals surface area contributed by atoms with Crippen molar-refractivity contribution in [3.8, 4) is 0 Å². The molecular formula is C6H8N2S2. The summed E-state index contributed by atoms with van der Waals surface area (Å²) in [5, 5.41) is 3.26. The molecule has 0 saturated heterocycles. The summed E-state index contributed by atoms with van der Waals surface area (Å²) >= 11 is 3.54. The maximum absolute atomic E-state index is 4.43. The Labute approximate surface area is 68.1 Å². The van der Waals surface area contributed by atoms with Gasteiger partial charge in [0.1, 0.15) is 4.34 Å². The van der Waals surface area contributed by atoms with Crippen LogP contribution in [0, 0.1) is 0 Å². The van der Waals surface area contributed by atoms with E-state index in [4.69, 9.17) is 0 Å². The second-order valence-electron chi connectivity index (χ2n) is 2.16. The molecule has 4 heteroatoms. The first-order valence-corrected chi connectivity index (χ1v) is 5.17. The quantitative estimate of drug-likeness (QED) is 0.649. The summed E-state index contributed by atoms with van der Waals surface area (Å²) in [5.41, 5.74) is 1.26. The van der Waals surface area contributed by atoms with Gasteiger partial charge in [-0.05, 0) is 6.26 Å². The molecule has 2 rings (SSSR count). The van der Waals surface area contributed by atoms with Crippen LogP contribution in [-0.2, 0) is 13.1 Å². The molecule has 0 unspecified atom stereocenters. The van der Waals surface area contributed by atoms with Crippen LogP contribution in [-0.4, -0.2) is 11.2 Å². The van der Waals surface area contributed by atoms with Gasteiger partial charge >= 0.3 is 0 Å². The molecule has 0 saturated carbocycles. The predicted molar refractivity (Wildman–Crippen MR) is 44.4 cm³/mol. The maximum atomic E-state index is 4.43. The van der Waals surface area contributed by atoms with Crippen LogP contribution in [0.15, 0.2) is 4.34 Å². The second-order valence-corrected chi connectivity index (χ2v) is 4.29. The van der Waals surface area contributed by atoms with Gasteiger partial charge in [-0.15, -0.1) is 11.3 Å². The third-order valence-electron chi connectivity index (χ3n) is 1.51. The van der Waals surface area contributed by atoms with Crippen LogP contribution in [0.3, 0.4) is 0 Å². The van der Waals surface area contributed by atoms with E-state index >= 15 is 0 Å². The lowest BCUT2D eigenvalue weighted by Gasteiger charge is -1.87. The van der Waals surface area contributed by atoms with Crippen molar-refractivity contribution >= 4 is 23.1 Å². The van der Waals surface area contributed by atoms with Crippen LogP contribution < -0.4 is 5.32 Å². The van der Waals surface area contributed by atoms with Gasteiger partial charge in [0.2, 0.25) is 0 Å². The molecule has 2 nitrogen and oxygen atoms in total. The van der Waals surface area contributed by atoms with Crippen molar-refractivity contribution in [2.45, 2.75) is 17.4 Å². The molecule has 10 heavy (non-hydrogen) atoms.